The smallest absolute Gasteiger partial charge is 0.408 e. The van der Waals surface area contributed by atoms with E-state index >= 15 is 0 Å². The van der Waals surface area contributed by atoms with Crippen LogP contribution in [-0.4, -0.2) is 71.1 Å². The summed E-state index contributed by atoms with van der Waals surface area (Å²) in [6.45, 7) is 7.14. The van der Waals surface area contributed by atoms with Crippen LogP contribution in [0.4, 0.5) is 4.79 Å². The largest absolute Gasteiger partial charge is 0.469 e. The first-order valence-electron chi connectivity index (χ1n) is 16.1. The van der Waals surface area contributed by atoms with Crippen molar-refractivity contribution in [3.63, 3.8) is 0 Å². The maximum Gasteiger partial charge on any atom is 0.408 e. The number of nitrogens with zero attached hydrogens (tertiary/aromatic N) is 2. The van der Waals surface area contributed by atoms with Gasteiger partial charge in [-0.2, -0.15) is 0 Å². The zero-order valence-corrected chi connectivity index (χ0v) is 28.8. The number of nitrogens with one attached hydrogen (secondary N) is 2. The maximum absolute atomic E-state index is 14.8. The highest BCUT2D eigenvalue weighted by Crippen LogP contribution is 2.33. The fraction of sp³-hybridized carbons (Fsp3) is 0.405. The highest BCUT2D eigenvalue weighted by molar-refractivity contribution is 6.30. The van der Waals surface area contributed by atoms with E-state index in [9.17, 15) is 19.2 Å². The van der Waals surface area contributed by atoms with Crippen LogP contribution in [0.5, 0.6) is 0 Å². The lowest BCUT2D eigenvalue weighted by molar-refractivity contribution is -0.156. The molecule has 3 aromatic carbocycles. The minimum atomic E-state index is -1.36. The number of piperidine rings is 1. The van der Waals surface area contributed by atoms with Crippen LogP contribution in [0, 0.1) is 0 Å². The quantitative estimate of drug-likeness (QED) is 0.244. The average Bonchev–Trinajstić information content (AvgIpc) is 3.07. The molecule has 3 aromatic rings. The SMILES string of the molecule is COC(=O)C[C@H](NC(=O)OC(C)(C)C)C(=O)N(Cc1ccc(Cl)cc1)C1(C(=O)NCc2ccccc2)CCN(Cc2ccccc2)CC1. The Morgan fingerprint density at radius 3 is 2.02 bits per heavy atom. The highest BCUT2D eigenvalue weighted by atomic mass is 35.5. The zero-order chi connectivity index (χ0) is 34.7. The van der Waals surface area contributed by atoms with Gasteiger partial charge in [-0.3, -0.25) is 19.3 Å². The van der Waals surface area contributed by atoms with Gasteiger partial charge in [0.15, 0.2) is 0 Å². The summed E-state index contributed by atoms with van der Waals surface area (Å²) in [4.78, 5) is 58.6. The van der Waals surface area contributed by atoms with E-state index < -0.39 is 41.6 Å². The van der Waals surface area contributed by atoms with Crippen LogP contribution in [0.25, 0.3) is 0 Å². The fourth-order valence-electron chi connectivity index (χ4n) is 5.79. The number of amides is 3. The van der Waals surface area contributed by atoms with Crippen molar-refractivity contribution in [1.29, 1.82) is 0 Å². The van der Waals surface area contributed by atoms with Gasteiger partial charge in [0.25, 0.3) is 0 Å². The number of alkyl carbamates (subject to hydrolysis) is 1. The minimum Gasteiger partial charge on any atom is -0.469 e. The Morgan fingerprint density at radius 2 is 1.46 bits per heavy atom. The zero-order valence-electron chi connectivity index (χ0n) is 28.0. The summed E-state index contributed by atoms with van der Waals surface area (Å²) in [5.74, 6) is -1.62. The van der Waals surface area contributed by atoms with Crippen molar-refractivity contribution in [3.05, 3.63) is 107 Å². The van der Waals surface area contributed by atoms with E-state index in [4.69, 9.17) is 21.1 Å². The van der Waals surface area contributed by atoms with Crippen LogP contribution in [0.2, 0.25) is 5.02 Å². The lowest BCUT2D eigenvalue weighted by Crippen LogP contribution is -2.66. The van der Waals surface area contributed by atoms with E-state index in [1.165, 1.54) is 12.0 Å². The number of benzene rings is 3. The monoisotopic (exact) mass is 676 g/mol. The summed E-state index contributed by atoms with van der Waals surface area (Å²) < 4.78 is 10.3. The molecule has 0 saturated carbocycles. The van der Waals surface area contributed by atoms with E-state index in [1.807, 2.05) is 48.5 Å². The highest BCUT2D eigenvalue weighted by Gasteiger charge is 2.50. The lowest BCUT2D eigenvalue weighted by Gasteiger charge is -2.48. The van der Waals surface area contributed by atoms with Crippen molar-refractivity contribution < 1.29 is 28.7 Å². The van der Waals surface area contributed by atoms with Gasteiger partial charge in [0.1, 0.15) is 17.2 Å². The first kappa shape index (κ1) is 36.4. The van der Waals surface area contributed by atoms with Gasteiger partial charge in [0.2, 0.25) is 11.8 Å². The maximum atomic E-state index is 14.8. The summed E-state index contributed by atoms with van der Waals surface area (Å²) >= 11 is 6.19. The summed E-state index contributed by atoms with van der Waals surface area (Å²) in [6, 6.07) is 25.3. The third kappa shape index (κ3) is 10.3. The fourth-order valence-corrected chi connectivity index (χ4v) is 5.91. The lowest BCUT2D eigenvalue weighted by atomic mass is 9.83. The van der Waals surface area contributed by atoms with Gasteiger partial charge in [-0.1, -0.05) is 84.4 Å². The van der Waals surface area contributed by atoms with Crippen molar-refractivity contribution in [1.82, 2.24) is 20.4 Å². The average molecular weight is 677 g/mol. The molecule has 1 fully saturated rings. The molecular formula is C37H45ClN4O6. The van der Waals surface area contributed by atoms with Gasteiger partial charge >= 0.3 is 12.1 Å². The molecule has 0 bridgehead atoms. The molecule has 48 heavy (non-hydrogen) atoms. The Morgan fingerprint density at radius 1 is 0.875 bits per heavy atom. The Balaban J connectivity index is 1.73. The van der Waals surface area contributed by atoms with Gasteiger partial charge in [0, 0.05) is 37.7 Å². The summed E-state index contributed by atoms with van der Waals surface area (Å²) in [5, 5.41) is 6.21. The molecule has 0 aromatic heterocycles. The van der Waals surface area contributed by atoms with Crippen molar-refractivity contribution in [2.24, 2.45) is 0 Å². The minimum absolute atomic E-state index is 0.0289. The molecule has 4 rings (SSSR count). The molecule has 0 aliphatic carbocycles. The first-order chi connectivity index (χ1) is 22.9. The molecule has 1 aliphatic heterocycles. The van der Waals surface area contributed by atoms with Crippen molar-refractivity contribution in [2.45, 2.75) is 76.8 Å². The van der Waals surface area contributed by atoms with Gasteiger partial charge < -0.3 is 25.0 Å². The molecule has 256 valence electrons. The van der Waals surface area contributed by atoms with E-state index in [-0.39, 0.29) is 19.0 Å². The third-order valence-electron chi connectivity index (χ3n) is 8.27. The van der Waals surface area contributed by atoms with Gasteiger partial charge in [-0.05, 0) is 62.4 Å². The number of hydrogen-bond donors (Lipinski definition) is 2. The van der Waals surface area contributed by atoms with E-state index in [2.05, 4.69) is 27.7 Å². The number of halogens is 1. The Kier molecular flexibility index (Phi) is 12.6. The molecule has 1 atom stereocenters. The van der Waals surface area contributed by atoms with E-state index in [0.29, 0.717) is 37.5 Å². The van der Waals surface area contributed by atoms with Crippen molar-refractivity contribution in [3.8, 4) is 0 Å². The topological polar surface area (TPSA) is 117 Å². The molecule has 0 spiro atoms. The molecule has 10 nitrogen and oxygen atoms in total. The van der Waals surface area contributed by atoms with Crippen LogP contribution >= 0.6 is 11.6 Å². The normalized spacial score (nSPS) is 15.1. The molecule has 0 unspecified atom stereocenters. The van der Waals surface area contributed by atoms with Gasteiger partial charge in [-0.15, -0.1) is 0 Å². The van der Waals surface area contributed by atoms with E-state index in [1.54, 1.807) is 45.0 Å². The predicted molar refractivity (Wildman–Crippen MR) is 184 cm³/mol. The first-order valence-corrected chi connectivity index (χ1v) is 16.5. The van der Waals surface area contributed by atoms with Gasteiger partial charge in [0.05, 0.1) is 13.5 Å². The van der Waals surface area contributed by atoms with Crippen molar-refractivity contribution >= 4 is 35.5 Å². The van der Waals surface area contributed by atoms with Crippen LogP contribution in [-0.2, 0) is 43.5 Å². The van der Waals surface area contributed by atoms with Crippen molar-refractivity contribution in [2.75, 3.05) is 20.2 Å². The molecule has 2 N–H and O–H groups in total. The number of ether oxygens (including phenoxy) is 2. The second-order valence-corrected chi connectivity index (χ2v) is 13.4. The number of hydrogen-bond acceptors (Lipinski definition) is 7. The van der Waals surface area contributed by atoms with E-state index in [0.717, 1.165) is 16.7 Å². The van der Waals surface area contributed by atoms with Crippen LogP contribution in [0.15, 0.2) is 84.9 Å². The van der Waals surface area contributed by atoms with Crippen LogP contribution in [0.3, 0.4) is 0 Å². The van der Waals surface area contributed by atoms with Gasteiger partial charge in [-0.25, -0.2) is 4.79 Å². The van der Waals surface area contributed by atoms with Crippen LogP contribution in [0.1, 0.15) is 56.7 Å². The number of carbonyl (C=O) groups is 4. The van der Waals surface area contributed by atoms with Crippen LogP contribution < -0.4 is 10.6 Å². The standard InChI is InChI=1S/C37H45ClN4O6/c1-36(2,3)48-35(46)40-31(23-32(43)47-4)33(44)42(26-29-15-17-30(38)18-16-29)37(34(45)39-24-27-11-7-5-8-12-27)19-21-41(22-20-37)25-28-13-9-6-10-14-28/h5-18,31H,19-26H2,1-4H3,(H,39,45)(H,40,46)/t31-/m0/s1. The number of carbonyl (C=O) groups excluding carboxylic acids is 4. The number of rotatable bonds is 12. The molecular weight excluding hydrogens is 632 g/mol. The Bertz CT molecular complexity index is 1520. The second kappa shape index (κ2) is 16.6. The Hall–Kier alpha value is -4.41. The number of methoxy groups -OCH3 is 1. The number of esters is 1. The molecule has 0 radical (unpaired) electrons. The second-order valence-electron chi connectivity index (χ2n) is 13.0. The summed E-state index contributed by atoms with van der Waals surface area (Å²) in [5.41, 5.74) is 0.614. The molecule has 11 heteroatoms. The molecule has 3 amide bonds. The third-order valence-corrected chi connectivity index (χ3v) is 8.53. The summed E-state index contributed by atoms with van der Waals surface area (Å²) in [6.07, 6.45) is -0.682. The molecule has 1 aliphatic rings. The summed E-state index contributed by atoms with van der Waals surface area (Å²) in [7, 11) is 1.21. The predicted octanol–water partition coefficient (Wildman–Crippen LogP) is 5.48. The molecule has 1 heterocycles. The Labute approximate surface area is 287 Å². The number of likely N-dealkylation sites (tertiary alicyclic amines) is 1. The molecule has 1 saturated heterocycles.